The maximum atomic E-state index is 12.1. The lowest BCUT2D eigenvalue weighted by Crippen LogP contribution is -2.21. The van der Waals surface area contributed by atoms with Crippen LogP contribution in [0.1, 0.15) is 41.1 Å². The molecule has 0 aliphatic carbocycles. The number of benzene rings is 1. The lowest BCUT2D eigenvalue weighted by molar-refractivity contribution is -0.116. The maximum Gasteiger partial charge on any atom is 0.162 e. The van der Waals surface area contributed by atoms with Crippen LogP contribution in [0.2, 0.25) is 0 Å². The molecule has 0 aromatic heterocycles. The molecule has 1 unspecified atom stereocenters. The molecule has 1 saturated heterocycles. The van der Waals surface area contributed by atoms with Crippen molar-refractivity contribution in [2.24, 2.45) is 5.92 Å². The molecule has 1 aromatic carbocycles. The molecule has 3 nitrogen and oxygen atoms in total. The first-order chi connectivity index (χ1) is 9.74. The van der Waals surface area contributed by atoms with Crippen molar-refractivity contribution in [3.05, 3.63) is 48.0 Å². The van der Waals surface area contributed by atoms with Gasteiger partial charge in [-0.2, -0.15) is 0 Å². The molecule has 1 aliphatic heterocycles. The fourth-order valence-corrected chi connectivity index (χ4v) is 2.68. The quantitative estimate of drug-likeness (QED) is 0.590. The van der Waals surface area contributed by atoms with Gasteiger partial charge >= 0.3 is 0 Å². The molecule has 1 aliphatic rings. The number of hydrogen-bond acceptors (Lipinski definition) is 3. The predicted octanol–water partition coefficient (Wildman–Crippen LogP) is 3.15. The van der Waals surface area contributed by atoms with E-state index in [4.69, 9.17) is 4.74 Å². The van der Waals surface area contributed by atoms with Crippen LogP contribution in [0.3, 0.4) is 0 Å². The lowest BCUT2D eigenvalue weighted by atomic mass is 9.82. The van der Waals surface area contributed by atoms with Gasteiger partial charge in [0.1, 0.15) is 6.29 Å². The van der Waals surface area contributed by atoms with Gasteiger partial charge in [-0.05, 0) is 36.8 Å². The van der Waals surface area contributed by atoms with Crippen LogP contribution in [0, 0.1) is 5.92 Å². The molecule has 0 N–H and O–H groups in total. The molecule has 0 amide bonds. The number of rotatable bonds is 6. The molecule has 0 bridgehead atoms. The smallest absolute Gasteiger partial charge is 0.162 e. The number of carbonyl (C=O) groups is 2. The van der Waals surface area contributed by atoms with E-state index in [0.29, 0.717) is 11.5 Å². The van der Waals surface area contributed by atoms with Gasteiger partial charge < -0.3 is 4.74 Å². The Morgan fingerprint density at radius 2 is 1.95 bits per heavy atom. The highest BCUT2D eigenvalue weighted by molar-refractivity contribution is 5.95. The van der Waals surface area contributed by atoms with Gasteiger partial charge in [0, 0.05) is 24.7 Å². The summed E-state index contributed by atoms with van der Waals surface area (Å²) in [6, 6.07) is 7.26. The van der Waals surface area contributed by atoms with Crippen LogP contribution in [0.15, 0.2) is 36.9 Å². The molecule has 20 heavy (non-hydrogen) atoms. The molecular weight excluding hydrogens is 252 g/mol. The van der Waals surface area contributed by atoms with Crippen LogP contribution in [0.5, 0.6) is 0 Å². The molecule has 0 radical (unpaired) electrons. The molecule has 1 fully saturated rings. The normalized spacial score (nSPS) is 17.4. The van der Waals surface area contributed by atoms with E-state index in [1.54, 1.807) is 12.1 Å². The Morgan fingerprint density at radius 1 is 1.30 bits per heavy atom. The molecule has 0 spiro atoms. The predicted molar refractivity (Wildman–Crippen MR) is 77.9 cm³/mol. The minimum Gasteiger partial charge on any atom is -0.381 e. The lowest BCUT2D eigenvalue weighted by Gasteiger charge is -2.25. The zero-order valence-electron chi connectivity index (χ0n) is 11.6. The zero-order chi connectivity index (χ0) is 14.4. The van der Waals surface area contributed by atoms with Crippen molar-refractivity contribution in [3.8, 4) is 0 Å². The third-order valence-corrected chi connectivity index (χ3v) is 3.93. The van der Waals surface area contributed by atoms with Crippen molar-refractivity contribution in [1.82, 2.24) is 0 Å². The SMILES string of the molecule is C=CC(=O)C(CC1CCOCC1)c1ccc(C=O)cc1. The number of ketones is 1. The number of aldehydes is 1. The van der Waals surface area contributed by atoms with E-state index in [-0.39, 0.29) is 11.7 Å². The fourth-order valence-electron chi connectivity index (χ4n) is 2.68. The van der Waals surface area contributed by atoms with E-state index in [1.807, 2.05) is 12.1 Å². The van der Waals surface area contributed by atoms with Crippen molar-refractivity contribution >= 4 is 12.1 Å². The molecule has 1 heterocycles. The third kappa shape index (κ3) is 3.64. The van der Waals surface area contributed by atoms with Crippen molar-refractivity contribution < 1.29 is 14.3 Å². The van der Waals surface area contributed by atoms with E-state index in [2.05, 4.69) is 6.58 Å². The minimum absolute atomic E-state index is 0.0512. The summed E-state index contributed by atoms with van der Waals surface area (Å²) in [5.74, 6) is 0.412. The summed E-state index contributed by atoms with van der Waals surface area (Å²) in [6.07, 6.45) is 5.06. The second-order valence-electron chi connectivity index (χ2n) is 5.24. The average molecular weight is 272 g/mol. The van der Waals surface area contributed by atoms with Crippen LogP contribution >= 0.6 is 0 Å². The van der Waals surface area contributed by atoms with Crippen molar-refractivity contribution in [1.29, 1.82) is 0 Å². The van der Waals surface area contributed by atoms with Crippen LogP contribution in [-0.2, 0) is 9.53 Å². The van der Waals surface area contributed by atoms with E-state index < -0.39 is 0 Å². The van der Waals surface area contributed by atoms with Gasteiger partial charge in [-0.15, -0.1) is 0 Å². The molecule has 1 atom stereocenters. The standard InChI is InChI=1S/C17H20O3/c1-2-17(19)16(11-13-7-9-20-10-8-13)15-5-3-14(12-18)4-6-15/h2-6,12-13,16H,1,7-11H2. The van der Waals surface area contributed by atoms with Crippen molar-refractivity contribution in [3.63, 3.8) is 0 Å². The highest BCUT2D eigenvalue weighted by Gasteiger charge is 2.24. The van der Waals surface area contributed by atoms with Gasteiger partial charge in [-0.1, -0.05) is 30.8 Å². The first kappa shape index (κ1) is 14.7. The molecule has 2 rings (SSSR count). The van der Waals surface area contributed by atoms with Crippen LogP contribution < -0.4 is 0 Å². The van der Waals surface area contributed by atoms with E-state index in [9.17, 15) is 9.59 Å². The summed E-state index contributed by atoms with van der Waals surface area (Å²) >= 11 is 0. The summed E-state index contributed by atoms with van der Waals surface area (Å²) in [5, 5.41) is 0. The maximum absolute atomic E-state index is 12.1. The molecule has 3 heteroatoms. The first-order valence-electron chi connectivity index (χ1n) is 7.03. The molecular formula is C17H20O3. The number of hydrogen-bond donors (Lipinski definition) is 0. The fraction of sp³-hybridized carbons (Fsp3) is 0.412. The van der Waals surface area contributed by atoms with Crippen LogP contribution in [0.4, 0.5) is 0 Å². The Bertz CT molecular complexity index is 470. The van der Waals surface area contributed by atoms with Gasteiger partial charge in [-0.25, -0.2) is 0 Å². The van der Waals surface area contributed by atoms with Gasteiger partial charge in [0.25, 0.3) is 0 Å². The Balaban J connectivity index is 2.14. The van der Waals surface area contributed by atoms with Crippen LogP contribution in [0.25, 0.3) is 0 Å². The van der Waals surface area contributed by atoms with Crippen molar-refractivity contribution in [2.45, 2.75) is 25.2 Å². The summed E-state index contributed by atoms with van der Waals surface area (Å²) in [6.45, 7) is 5.17. The Hall–Kier alpha value is -1.74. The second-order valence-corrected chi connectivity index (χ2v) is 5.24. The van der Waals surface area contributed by atoms with Crippen LogP contribution in [-0.4, -0.2) is 25.3 Å². The Morgan fingerprint density at radius 3 is 2.50 bits per heavy atom. The minimum atomic E-state index is -0.156. The number of carbonyl (C=O) groups excluding carboxylic acids is 2. The number of ether oxygens (including phenoxy) is 1. The van der Waals surface area contributed by atoms with Gasteiger partial charge in [-0.3, -0.25) is 9.59 Å². The largest absolute Gasteiger partial charge is 0.381 e. The highest BCUT2D eigenvalue weighted by atomic mass is 16.5. The molecule has 106 valence electrons. The van der Waals surface area contributed by atoms with E-state index in [0.717, 1.165) is 44.3 Å². The summed E-state index contributed by atoms with van der Waals surface area (Å²) in [4.78, 5) is 22.8. The van der Waals surface area contributed by atoms with E-state index in [1.165, 1.54) is 6.08 Å². The van der Waals surface area contributed by atoms with Crippen molar-refractivity contribution in [2.75, 3.05) is 13.2 Å². The van der Waals surface area contributed by atoms with E-state index >= 15 is 0 Å². The molecule has 1 aromatic rings. The first-order valence-corrected chi connectivity index (χ1v) is 7.03. The molecule has 0 saturated carbocycles. The summed E-state index contributed by atoms with van der Waals surface area (Å²) < 4.78 is 5.36. The third-order valence-electron chi connectivity index (χ3n) is 3.93. The monoisotopic (exact) mass is 272 g/mol. The zero-order valence-corrected chi connectivity index (χ0v) is 11.6. The van der Waals surface area contributed by atoms with Gasteiger partial charge in [0.2, 0.25) is 0 Å². The highest BCUT2D eigenvalue weighted by Crippen LogP contribution is 2.30. The number of allylic oxidation sites excluding steroid dienone is 1. The summed E-state index contributed by atoms with van der Waals surface area (Å²) in [7, 11) is 0. The average Bonchev–Trinajstić information content (AvgIpc) is 2.53. The van der Waals surface area contributed by atoms with Gasteiger partial charge in [0.05, 0.1) is 0 Å². The second kappa shape index (κ2) is 7.15. The summed E-state index contributed by atoms with van der Waals surface area (Å²) in [5.41, 5.74) is 1.59. The Kier molecular flexibility index (Phi) is 5.24. The topological polar surface area (TPSA) is 43.4 Å². The Labute approximate surface area is 119 Å². The van der Waals surface area contributed by atoms with Gasteiger partial charge in [0.15, 0.2) is 5.78 Å².